The number of likely N-dealkylation sites (N-methyl/N-ethyl adjacent to an activating group) is 1. The summed E-state index contributed by atoms with van der Waals surface area (Å²) in [6.07, 6.45) is 4.23. The van der Waals surface area contributed by atoms with Crippen molar-refractivity contribution in [3.8, 4) is 5.75 Å². The highest BCUT2D eigenvalue weighted by Gasteiger charge is 2.11. The molecule has 0 aliphatic heterocycles. The third-order valence-electron chi connectivity index (χ3n) is 3.27. The monoisotopic (exact) mass is 274 g/mol. The third-order valence-corrected chi connectivity index (χ3v) is 3.27. The van der Waals surface area contributed by atoms with Crippen molar-refractivity contribution >= 4 is 16.9 Å². The van der Waals surface area contributed by atoms with Crippen LogP contribution in [0.2, 0.25) is 0 Å². The van der Waals surface area contributed by atoms with Gasteiger partial charge in [0.2, 0.25) is 0 Å². The van der Waals surface area contributed by atoms with E-state index in [1.54, 1.807) is 0 Å². The molecule has 108 valence electrons. The number of hydrogen-bond acceptors (Lipinski definition) is 3. The average Bonchev–Trinajstić information content (AvgIpc) is 2.81. The summed E-state index contributed by atoms with van der Waals surface area (Å²) in [6.45, 7) is 2.96. The highest BCUT2D eigenvalue weighted by Crippen LogP contribution is 2.28. The SMILES string of the molecule is CCCC(=O)Oc1cccc2c(CCN(C)C)c[nH]c12. The van der Waals surface area contributed by atoms with Crippen LogP contribution in [0, 0.1) is 0 Å². The van der Waals surface area contributed by atoms with Crippen molar-refractivity contribution in [2.45, 2.75) is 26.2 Å². The number of H-pyrrole nitrogens is 1. The molecule has 1 N–H and O–H groups in total. The van der Waals surface area contributed by atoms with E-state index in [0.29, 0.717) is 12.2 Å². The van der Waals surface area contributed by atoms with Crippen LogP contribution in [-0.2, 0) is 11.2 Å². The first-order valence-electron chi connectivity index (χ1n) is 7.06. The highest BCUT2D eigenvalue weighted by molar-refractivity contribution is 5.90. The van der Waals surface area contributed by atoms with E-state index in [1.165, 1.54) is 5.56 Å². The number of hydrogen-bond donors (Lipinski definition) is 1. The molecule has 0 saturated heterocycles. The number of aromatic amines is 1. The van der Waals surface area contributed by atoms with Gasteiger partial charge in [0.15, 0.2) is 5.75 Å². The third kappa shape index (κ3) is 3.39. The summed E-state index contributed by atoms with van der Waals surface area (Å²) >= 11 is 0. The van der Waals surface area contributed by atoms with Gasteiger partial charge in [-0.3, -0.25) is 4.79 Å². The van der Waals surface area contributed by atoms with E-state index in [0.717, 1.165) is 30.3 Å². The van der Waals surface area contributed by atoms with Gasteiger partial charge in [-0.25, -0.2) is 0 Å². The largest absolute Gasteiger partial charge is 0.424 e. The van der Waals surface area contributed by atoms with E-state index >= 15 is 0 Å². The van der Waals surface area contributed by atoms with Crippen molar-refractivity contribution < 1.29 is 9.53 Å². The minimum absolute atomic E-state index is 0.176. The first-order chi connectivity index (χ1) is 9.61. The van der Waals surface area contributed by atoms with Crippen LogP contribution < -0.4 is 4.74 Å². The van der Waals surface area contributed by atoms with E-state index in [2.05, 4.69) is 30.0 Å². The zero-order chi connectivity index (χ0) is 14.5. The van der Waals surface area contributed by atoms with E-state index in [1.807, 2.05) is 25.3 Å². The molecule has 0 atom stereocenters. The molecule has 1 aromatic carbocycles. The number of rotatable bonds is 6. The number of para-hydroxylation sites is 1. The minimum Gasteiger partial charge on any atom is -0.424 e. The Balaban J connectivity index is 2.23. The van der Waals surface area contributed by atoms with Crippen LogP contribution in [0.5, 0.6) is 5.75 Å². The van der Waals surface area contributed by atoms with E-state index < -0.39 is 0 Å². The number of esters is 1. The van der Waals surface area contributed by atoms with Crippen LogP contribution in [0.4, 0.5) is 0 Å². The number of ether oxygens (including phenoxy) is 1. The molecule has 0 spiro atoms. The smallest absolute Gasteiger partial charge is 0.311 e. The van der Waals surface area contributed by atoms with E-state index in [4.69, 9.17) is 4.74 Å². The fourth-order valence-corrected chi connectivity index (χ4v) is 2.20. The maximum Gasteiger partial charge on any atom is 0.311 e. The highest BCUT2D eigenvalue weighted by atomic mass is 16.5. The zero-order valence-corrected chi connectivity index (χ0v) is 12.4. The summed E-state index contributed by atoms with van der Waals surface area (Å²) < 4.78 is 5.43. The number of carbonyl (C=O) groups is 1. The Kier molecular flexibility index (Phi) is 4.79. The Morgan fingerprint density at radius 2 is 2.15 bits per heavy atom. The number of fused-ring (bicyclic) bond motifs is 1. The minimum atomic E-state index is -0.176. The van der Waals surface area contributed by atoms with Gasteiger partial charge in [-0.2, -0.15) is 0 Å². The standard InChI is InChI=1S/C16H22N2O2/c1-4-6-15(19)20-14-8-5-7-13-12(9-10-18(2)3)11-17-16(13)14/h5,7-8,11,17H,4,6,9-10H2,1-3H3. The molecule has 1 aromatic heterocycles. The first kappa shape index (κ1) is 14.6. The second-order valence-electron chi connectivity index (χ2n) is 5.27. The van der Waals surface area contributed by atoms with Gasteiger partial charge < -0.3 is 14.6 Å². The second kappa shape index (κ2) is 6.57. The van der Waals surface area contributed by atoms with E-state index in [-0.39, 0.29) is 5.97 Å². The van der Waals surface area contributed by atoms with Crippen LogP contribution in [0.25, 0.3) is 10.9 Å². The van der Waals surface area contributed by atoms with Crippen molar-refractivity contribution in [2.24, 2.45) is 0 Å². The molecule has 4 heteroatoms. The van der Waals surface area contributed by atoms with Gasteiger partial charge in [0.25, 0.3) is 0 Å². The first-order valence-corrected chi connectivity index (χ1v) is 7.06. The summed E-state index contributed by atoms with van der Waals surface area (Å²) in [5, 5.41) is 1.13. The lowest BCUT2D eigenvalue weighted by atomic mass is 10.1. The van der Waals surface area contributed by atoms with Crippen LogP contribution in [0.15, 0.2) is 24.4 Å². The van der Waals surface area contributed by atoms with Crippen LogP contribution in [-0.4, -0.2) is 36.5 Å². The molecular weight excluding hydrogens is 252 g/mol. The van der Waals surface area contributed by atoms with Crippen LogP contribution in [0.1, 0.15) is 25.3 Å². The summed E-state index contributed by atoms with van der Waals surface area (Å²) in [4.78, 5) is 17.0. The van der Waals surface area contributed by atoms with Gasteiger partial charge in [-0.15, -0.1) is 0 Å². The molecule has 0 amide bonds. The fraction of sp³-hybridized carbons (Fsp3) is 0.438. The number of carbonyl (C=O) groups excluding carboxylic acids is 1. The predicted octanol–water partition coefficient (Wildman–Crippen LogP) is 2.98. The molecule has 0 radical (unpaired) electrons. The van der Waals surface area contributed by atoms with Crippen molar-refractivity contribution in [1.82, 2.24) is 9.88 Å². The molecule has 1 heterocycles. The van der Waals surface area contributed by atoms with Crippen LogP contribution >= 0.6 is 0 Å². The number of aromatic nitrogens is 1. The Hall–Kier alpha value is -1.81. The van der Waals surface area contributed by atoms with E-state index in [9.17, 15) is 4.79 Å². The van der Waals surface area contributed by atoms with Crippen molar-refractivity contribution in [3.63, 3.8) is 0 Å². The Morgan fingerprint density at radius 3 is 2.85 bits per heavy atom. The second-order valence-corrected chi connectivity index (χ2v) is 5.27. The van der Waals surface area contributed by atoms with Crippen molar-refractivity contribution in [3.05, 3.63) is 30.0 Å². The lowest BCUT2D eigenvalue weighted by Gasteiger charge is -2.08. The molecule has 4 nitrogen and oxygen atoms in total. The summed E-state index contributed by atoms with van der Waals surface area (Å²) in [5.41, 5.74) is 2.16. The lowest BCUT2D eigenvalue weighted by molar-refractivity contribution is -0.134. The Bertz CT molecular complexity index is 587. The van der Waals surface area contributed by atoms with Crippen molar-refractivity contribution in [2.75, 3.05) is 20.6 Å². The molecule has 0 fully saturated rings. The van der Waals surface area contributed by atoms with Gasteiger partial charge in [0.1, 0.15) is 0 Å². The molecule has 0 saturated carbocycles. The van der Waals surface area contributed by atoms with Gasteiger partial charge in [0, 0.05) is 24.5 Å². The Morgan fingerprint density at radius 1 is 1.35 bits per heavy atom. The van der Waals surface area contributed by atoms with Gasteiger partial charge in [-0.1, -0.05) is 19.1 Å². The number of benzene rings is 1. The summed E-state index contributed by atoms with van der Waals surface area (Å²) in [5.74, 6) is 0.446. The topological polar surface area (TPSA) is 45.3 Å². The predicted molar refractivity (Wildman–Crippen MR) is 81.1 cm³/mol. The maximum atomic E-state index is 11.6. The van der Waals surface area contributed by atoms with Gasteiger partial charge in [0.05, 0.1) is 5.52 Å². The quantitative estimate of drug-likeness (QED) is 0.650. The molecule has 0 bridgehead atoms. The molecular formula is C16H22N2O2. The molecule has 20 heavy (non-hydrogen) atoms. The van der Waals surface area contributed by atoms with Gasteiger partial charge in [-0.05, 0) is 38.6 Å². The van der Waals surface area contributed by atoms with Gasteiger partial charge >= 0.3 is 5.97 Å². The normalized spacial score (nSPS) is 11.2. The number of nitrogens with one attached hydrogen (secondary N) is 1. The maximum absolute atomic E-state index is 11.6. The molecule has 0 unspecified atom stereocenters. The fourth-order valence-electron chi connectivity index (χ4n) is 2.20. The molecule has 2 aromatic rings. The van der Waals surface area contributed by atoms with Crippen LogP contribution in [0.3, 0.4) is 0 Å². The lowest BCUT2D eigenvalue weighted by Crippen LogP contribution is -2.14. The number of nitrogens with zero attached hydrogens (tertiary/aromatic N) is 1. The van der Waals surface area contributed by atoms with Crippen molar-refractivity contribution in [1.29, 1.82) is 0 Å². The molecule has 2 rings (SSSR count). The zero-order valence-electron chi connectivity index (χ0n) is 12.4. The Labute approximate surface area is 119 Å². The summed E-state index contributed by atoms with van der Waals surface area (Å²) in [7, 11) is 4.12. The summed E-state index contributed by atoms with van der Waals surface area (Å²) in [6, 6.07) is 5.83. The molecule has 0 aliphatic carbocycles. The molecule has 0 aliphatic rings. The average molecular weight is 274 g/mol.